The number of anilines is 1. The number of rotatable bonds is 2. The van der Waals surface area contributed by atoms with Gasteiger partial charge >= 0.3 is 0 Å². The van der Waals surface area contributed by atoms with Gasteiger partial charge in [-0.1, -0.05) is 0 Å². The van der Waals surface area contributed by atoms with Gasteiger partial charge < -0.3 is 10.2 Å². The van der Waals surface area contributed by atoms with Crippen molar-refractivity contribution in [2.24, 2.45) is 5.92 Å². The van der Waals surface area contributed by atoms with Crippen molar-refractivity contribution in [1.82, 2.24) is 19.9 Å². The van der Waals surface area contributed by atoms with Gasteiger partial charge in [0.05, 0.1) is 0 Å². The number of fused-ring (bicyclic) bond motifs is 1. The molecule has 5 heteroatoms. The monoisotopic (exact) mass is 285 g/mol. The molecule has 2 aliphatic rings. The third-order valence-electron chi connectivity index (χ3n) is 4.95. The van der Waals surface area contributed by atoms with E-state index in [1.807, 2.05) is 4.52 Å². The maximum atomic E-state index is 4.41. The van der Waals surface area contributed by atoms with Crippen molar-refractivity contribution in [3.05, 3.63) is 24.0 Å². The number of aromatic nitrogens is 3. The van der Waals surface area contributed by atoms with Gasteiger partial charge in [0, 0.05) is 19.1 Å². The molecule has 112 valence electrons. The molecule has 2 unspecified atom stereocenters. The molecule has 0 aromatic carbocycles. The summed E-state index contributed by atoms with van der Waals surface area (Å²) in [6, 6.07) is 5.05. The Balaban J connectivity index is 1.63. The van der Waals surface area contributed by atoms with Crippen LogP contribution in [0.25, 0.3) is 5.65 Å². The standard InChI is InChI=1S/C16H23N5/c1-12-8-15-18-11-19-21(15)16(9-12)20-7-3-4-13(10-20)14-5-2-6-17-14/h8-9,11,13-14,17H,2-7,10H2,1H3. The number of piperidine rings is 1. The Morgan fingerprint density at radius 3 is 3.05 bits per heavy atom. The third-order valence-corrected chi connectivity index (χ3v) is 4.95. The second-order valence-electron chi connectivity index (χ2n) is 6.47. The molecular weight excluding hydrogens is 262 g/mol. The molecule has 4 rings (SSSR count). The minimum atomic E-state index is 0.712. The summed E-state index contributed by atoms with van der Waals surface area (Å²) in [5.41, 5.74) is 2.21. The van der Waals surface area contributed by atoms with Crippen LogP contribution in [0.1, 0.15) is 31.2 Å². The van der Waals surface area contributed by atoms with Crippen LogP contribution >= 0.6 is 0 Å². The topological polar surface area (TPSA) is 45.5 Å². The molecule has 0 radical (unpaired) electrons. The molecule has 4 heterocycles. The highest BCUT2D eigenvalue weighted by Crippen LogP contribution is 2.28. The van der Waals surface area contributed by atoms with E-state index in [4.69, 9.17) is 0 Å². The highest BCUT2D eigenvalue weighted by Gasteiger charge is 2.30. The van der Waals surface area contributed by atoms with E-state index in [2.05, 4.69) is 39.4 Å². The van der Waals surface area contributed by atoms with Crippen LogP contribution in [-0.2, 0) is 0 Å². The lowest BCUT2D eigenvalue weighted by atomic mass is 9.90. The number of hydrogen-bond donors (Lipinski definition) is 1. The zero-order valence-corrected chi connectivity index (χ0v) is 12.6. The maximum absolute atomic E-state index is 4.41. The van der Waals surface area contributed by atoms with Crippen molar-refractivity contribution in [2.45, 2.75) is 38.6 Å². The van der Waals surface area contributed by atoms with Gasteiger partial charge in [-0.15, -0.1) is 0 Å². The Bertz CT molecular complexity index is 629. The van der Waals surface area contributed by atoms with E-state index >= 15 is 0 Å². The molecule has 2 saturated heterocycles. The molecule has 2 atom stereocenters. The van der Waals surface area contributed by atoms with Crippen LogP contribution in [0, 0.1) is 12.8 Å². The van der Waals surface area contributed by atoms with E-state index < -0.39 is 0 Å². The molecule has 0 spiro atoms. The van der Waals surface area contributed by atoms with Gasteiger partial charge in [-0.25, -0.2) is 4.98 Å². The molecule has 0 aliphatic carbocycles. The first-order valence-electron chi connectivity index (χ1n) is 8.10. The van der Waals surface area contributed by atoms with Crippen molar-refractivity contribution in [3.8, 4) is 0 Å². The van der Waals surface area contributed by atoms with Gasteiger partial charge in [0.25, 0.3) is 0 Å². The summed E-state index contributed by atoms with van der Waals surface area (Å²) in [6.07, 6.45) is 6.94. The predicted molar refractivity (Wildman–Crippen MR) is 83.7 cm³/mol. The fourth-order valence-corrected chi connectivity index (χ4v) is 3.92. The van der Waals surface area contributed by atoms with E-state index in [1.165, 1.54) is 43.6 Å². The van der Waals surface area contributed by atoms with Crippen molar-refractivity contribution >= 4 is 11.5 Å². The summed E-state index contributed by atoms with van der Waals surface area (Å²) in [7, 11) is 0. The highest BCUT2D eigenvalue weighted by molar-refractivity contribution is 5.53. The average molecular weight is 285 g/mol. The summed E-state index contributed by atoms with van der Waals surface area (Å²) in [6.45, 7) is 5.59. The average Bonchev–Trinajstić information content (AvgIpc) is 3.17. The summed E-state index contributed by atoms with van der Waals surface area (Å²) in [5.74, 6) is 1.96. The molecule has 5 nitrogen and oxygen atoms in total. The van der Waals surface area contributed by atoms with Crippen LogP contribution in [0.5, 0.6) is 0 Å². The minimum absolute atomic E-state index is 0.712. The van der Waals surface area contributed by atoms with Gasteiger partial charge in [-0.2, -0.15) is 9.61 Å². The molecule has 0 amide bonds. The minimum Gasteiger partial charge on any atom is -0.356 e. The van der Waals surface area contributed by atoms with Crippen molar-refractivity contribution in [2.75, 3.05) is 24.5 Å². The van der Waals surface area contributed by atoms with Crippen LogP contribution in [0.3, 0.4) is 0 Å². The second-order valence-corrected chi connectivity index (χ2v) is 6.47. The van der Waals surface area contributed by atoms with Gasteiger partial charge in [-0.3, -0.25) is 0 Å². The Morgan fingerprint density at radius 2 is 2.19 bits per heavy atom. The van der Waals surface area contributed by atoms with Gasteiger partial charge in [0.1, 0.15) is 12.1 Å². The number of nitrogens with one attached hydrogen (secondary N) is 1. The quantitative estimate of drug-likeness (QED) is 0.917. The number of aryl methyl sites for hydroxylation is 1. The van der Waals surface area contributed by atoms with Gasteiger partial charge in [0.15, 0.2) is 5.65 Å². The van der Waals surface area contributed by atoms with Crippen LogP contribution in [0.15, 0.2) is 18.5 Å². The fraction of sp³-hybridized carbons (Fsp3) is 0.625. The lowest BCUT2D eigenvalue weighted by Crippen LogP contribution is -2.44. The molecule has 0 bridgehead atoms. The lowest BCUT2D eigenvalue weighted by molar-refractivity contribution is 0.327. The molecular formula is C16H23N5. The molecule has 2 aliphatic heterocycles. The van der Waals surface area contributed by atoms with Crippen molar-refractivity contribution in [3.63, 3.8) is 0 Å². The molecule has 1 N–H and O–H groups in total. The molecule has 0 saturated carbocycles. The summed E-state index contributed by atoms with van der Waals surface area (Å²) in [4.78, 5) is 6.85. The van der Waals surface area contributed by atoms with E-state index in [0.29, 0.717) is 6.04 Å². The smallest absolute Gasteiger partial charge is 0.157 e. The first-order valence-corrected chi connectivity index (χ1v) is 8.10. The van der Waals surface area contributed by atoms with Gasteiger partial charge in [0.2, 0.25) is 0 Å². The lowest BCUT2D eigenvalue weighted by Gasteiger charge is -2.37. The summed E-state index contributed by atoms with van der Waals surface area (Å²) >= 11 is 0. The molecule has 2 aromatic heterocycles. The number of nitrogens with zero attached hydrogens (tertiary/aromatic N) is 4. The zero-order valence-electron chi connectivity index (χ0n) is 12.6. The number of hydrogen-bond acceptors (Lipinski definition) is 4. The normalized spacial score (nSPS) is 26.6. The molecule has 21 heavy (non-hydrogen) atoms. The fourth-order valence-electron chi connectivity index (χ4n) is 3.92. The first-order chi connectivity index (χ1) is 10.3. The second kappa shape index (κ2) is 5.30. The highest BCUT2D eigenvalue weighted by atomic mass is 15.4. The van der Waals surface area contributed by atoms with Crippen LogP contribution < -0.4 is 10.2 Å². The summed E-state index contributed by atoms with van der Waals surface area (Å²) in [5, 5.41) is 8.09. The number of pyridine rings is 1. The first kappa shape index (κ1) is 13.1. The largest absolute Gasteiger partial charge is 0.356 e. The van der Waals surface area contributed by atoms with Gasteiger partial charge in [-0.05, 0) is 62.8 Å². The Morgan fingerprint density at radius 1 is 1.24 bits per heavy atom. The van der Waals surface area contributed by atoms with E-state index in [9.17, 15) is 0 Å². The predicted octanol–water partition coefficient (Wildman–Crippen LogP) is 2.01. The van der Waals surface area contributed by atoms with Crippen LogP contribution in [-0.4, -0.2) is 40.3 Å². The van der Waals surface area contributed by atoms with Crippen LogP contribution in [0.4, 0.5) is 5.82 Å². The van der Waals surface area contributed by atoms with E-state index in [0.717, 1.165) is 24.7 Å². The van der Waals surface area contributed by atoms with Crippen LogP contribution in [0.2, 0.25) is 0 Å². The van der Waals surface area contributed by atoms with Crippen molar-refractivity contribution < 1.29 is 0 Å². The SMILES string of the molecule is Cc1cc(N2CCCC(C3CCCN3)C2)n2ncnc2c1. The Labute approximate surface area is 125 Å². The maximum Gasteiger partial charge on any atom is 0.157 e. The summed E-state index contributed by atoms with van der Waals surface area (Å²) < 4.78 is 1.98. The zero-order chi connectivity index (χ0) is 14.2. The van der Waals surface area contributed by atoms with E-state index in [1.54, 1.807) is 6.33 Å². The molecule has 2 fully saturated rings. The Kier molecular flexibility index (Phi) is 3.30. The van der Waals surface area contributed by atoms with Crippen molar-refractivity contribution in [1.29, 1.82) is 0 Å². The molecule has 2 aromatic rings. The van der Waals surface area contributed by atoms with E-state index in [-0.39, 0.29) is 0 Å². The third kappa shape index (κ3) is 2.39. The Hall–Kier alpha value is -1.62.